The lowest BCUT2D eigenvalue weighted by atomic mass is 9.46. The van der Waals surface area contributed by atoms with Crippen molar-refractivity contribution in [3.05, 3.63) is 74.4 Å². The molecule has 0 aromatic heterocycles. The number of carbonyl (C=O) groups excluding carboxylic acids is 4. The van der Waals surface area contributed by atoms with Crippen LogP contribution in [-0.2, 0) is 38.4 Å². The zero-order chi connectivity index (χ0) is 33.5. The van der Waals surface area contributed by atoms with Crippen LogP contribution in [0.3, 0.4) is 0 Å². The number of rotatable bonds is 7. The van der Waals surface area contributed by atoms with Gasteiger partial charge in [-0.05, 0) is 92.3 Å². The predicted octanol–water partition coefficient (Wildman–Crippen LogP) is 6.01. The molecule has 1 fully saturated rings. The van der Waals surface area contributed by atoms with Gasteiger partial charge >= 0.3 is 0 Å². The van der Waals surface area contributed by atoms with Crippen LogP contribution in [0.2, 0.25) is 0 Å². The normalized spacial score (nSPS) is 26.7. The van der Waals surface area contributed by atoms with Gasteiger partial charge < -0.3 is 19.7 Å². The van der Waals surface area contributed by atoms with E-state index in [0.717, 1.165) is 27.8 Å². The van der Waals surface area contributed by atoms with Crippen molar-refractivity contribution in [1.29, 1.82) is 0 Å². The third kappa shape index (κ3) is 4.59. The van der Waals surface area contributed by atoms with Gasteiger partial charge in [-0.1, -0.05) is 45.4 Å². The molecule has 1 heterocycles. The molecule has 2 aromatic carbocycles. The van der Waals surface area contributed by atoms with E-state index in [1.807, 2.05) is 32.0 Å². The Morgan fingerprint density at radius 3 is 2.37 bits per heavy atom. The van der Waals surface area contributed by atoms with E-state index in [9.17, 15) is 29.4 Å². The first-order chi connectivity index (χ1) is 21.5. The molecule has 2 N–H and O–H groups in total. The molecule has 0 amide bonds. The van der Waals surface area contributed by atoms with Crippen LogP contribution in [0.4, 0.5) is 0 Å². The van der Waals surface area contributed by atoms with E-state index in [-0.39, 0.29) is 61.1 Å². The van der Waals surface area contributed by atoms with Crippen molar-refractivity contribution in [2.75, 3.05) is 6.79 Å². The van der Waals surface area contributed by atoms with E-state index in [4.69, 9.17) is 9.47 Å². The number of ketones is 4. The molecule has 46 heavy (non-hydrogen) atoms. The molecule has 0 spiro atoms. The third-order valence-corrected chi connectivity index (χ3v) is 10.8. The first kappa shape index (κ1) is 31.9. The van der Waals surface area contributed by atoms with E-state index in [0.29, 0.717) is 35.5 Å². The van der Waals surface area contributed by atoms with Gasteiger partial charge in [0.05, 0.1) is 5.57 Å². The average molecular weight is 627 g/mol. The highest BCUT2D eigenvalue weighted by atomic mass is 16.7. The molecule has 4 aliphatic rings. The zero-order valence-electron chi connectivity index (χ0n) is 27.7. The molecule has 1 aliphatic heterocycles. The molecule has 0 unspecified atom stereocenters. The van der Waals surface area contributed by atoms with Crippen LogP contribution in [0.1, 0.15) is 100 Å². The Bertz CT molecular complexity index is 1810. The Hall–Kier alpha value is -4.04. The van der Waals surface area contributed by atoms with E-state index in [2.05, 4.69) is 19.9 Å². The van der Waals surface area contributed by atoms with Crippen molar-refractivity contribution < 1.29 is 38.9 Å². The fraction of sp³-hybridized carbons (Fsp3) is 0.474. The van der Waals surface area contributed by atoms with Crippen LogP contribution in [0.15, 0.2) is 41.0 Å². The van der Waals surface area contributed by atoms with E-state index in [1.165, 1.54) is 6.92 Å². The number of aliphatic hydroxyl groups is 2. The minimum Gasteiger partial charge on any atom is -0.507 e. The van der Waals surface area contributed by atoms with E-state index < -0.39 is 33.8 Å². The molecule has 8 nitrogen and oxygen atoms in total. The summed E-state index contributed by atoms with van der Waals surface area (Å²) in [5.74, 6) is -0.949. The molecule has 0 saturated heterocycles. The number of aliphatic hydroxyl groups excluding tert-OH is 1. The quantitative estimate of drug-likeness (QED) is 0.283. The van der Waals surface area contributed by atoms with Gasteiger partial charge in [0.1, 0.15) is 11.5 Å². The van der Waals surface area contributed by atoms with Crippen LogP contribution in [-0.4, -0.2) is 45.7 Å². The molecule has 0 radical (unpaired) electrons. The Kier molecular flexibility index (Phi) is 7.47. The second-order valence-electron chi connectivity index (χ2n) is 14.6. The molecule has 8 heteroatoms. The minimum atomic E-state index is -2.46. The number of Topliss-reactive ketones (excluding diaryl/α,β-unsaturated/α-hetero) is 4. The SMILES string of the molecule is CC(=O)C1=C(C)C[C@@]2(C)C[C@@]3(C)Cc4c(C(C)C)cc(CCC(=O)Cc5ccc6c(c5)OCO6)c(C)c4C(O)=C3C(=O)[C@@]2(O)C1=O. The van der Waals surface area contributed by atoms with Crippen molar-refractivity contribution in [1.82, 2.24) is 0 Å². The van der Waals surface area contributed by atoms with Crippen LogP contribution in [0.25, 0.3) is 5.76 Å². The van der Waals surface area contributed by atoms with Gasteiger partial charge in [0, 0.05) is 34.8 Å². The minimum absolute atomic E-state index is 0.0459. The number of benzene rings is 2. The van der Waals surface area contributed by atoms with Crippen molar-refractivity contribution >= 4 is 28.9 Å². The Morgan fingerprint density at radius 1 is 1.00 bits per heavy atom. The first-order valence-electron chi connectivity index (χ1n) is 16.0. The molecule has 6 rings (SSSR count). The number of hydrogen-bond acceptors (Lipinski definition) is 8. The summed E-state index contributed by atoms with van der Waals surface area (Å²) in [6.45, 7) is 12.9. The lowest BCUT2D eigenvalue weighted by Gasteiger charge is -2.56. The van der Waals surface area contributed by atoms with Crippen LogP contribution in [0, 0.1) is 17.8 Å². The summed E-state index contributed by atoms with van der Waals surface area (Å²) >= 11 is 0. The standard InChI is InChI=1S/C38H42O8/c1-19(2)26-14-24(9-10-25(40)12-23-8-11-28-29(13-23)46-18-45-28)21(4)31-27(26)16-36(6)17-37(7)15-20(3)30(22(5)39)34(42)38(37,44)35(43)32(36)33(31)41/h8,11,13-14,19,41,44H,9-10,12,15-18H2,1-7H3/t36-,37+,38+/m1/s1. The highest BCUT2D eigenvalue weighted by Crippen LogP contribution is 2.62. The summed E-state index contributed by atoms with van der Waals surface area (Å²) in [6.07, 6.45) is 1.94. The number of aryl methyl sites for hydroxylation is 1. The van der Waals surface area contributed by atoms with Crippen LogP contribution < -0.4 is 9.47 Å². The number of ether oxygens (including phenoxy) is 2. The molecule has 2 aromatic rings. The van der Waals surface area contributed by atoms with Crippen LogP contribution in [0.5, 0.6) is 11.5 Å². The second kappa shape index (κ2) is 10.8. The van der Waals surface area contributed by atoms with Crippen molar-refractivity contribution in [3.63, 3.8) is 0 Å². The smallest absolute Gasteiger partial charge is 0.231 e. The maximum Gasteiger partial charge on any atom is 0.231 e. The first-order valence-corrected chi connectivity index (χ1v) is 16.0. The van der Waals surface area contributed by atoms with E-state index in [1.54, 1.807) is 13.8 Å². The van der Waals surface area contributed by atoms with Crippen molar-refractivity contribution in [2.45, 2.75) is 98.5 Å². The lowest BCUT2D eigenvalue weighted by molar-refractivity contribution is -0.171. The highest BCUT2D eigenvalue weighted by Gasteiger charge is 2.69. The maximum absolute atomic E-state index is 14.4. The van der Waals surface area contributed by atoms with E-state index >= 15 is 0 Å². The lowest BCUT2D eigenvalue weighted by Crippen LogP contribution is -2.67. The Balaban J connectivity index is 1.38. The van der Waals surface area contributed by atoms with Gasteiger partial charge in [-0.15, -0.1) is 0 Å². The predicted molar refractivity (Wildman–Crippen MR) is 172 cm³/mol. The fourth-order valence-corrected chi connectivity index (χ4v) is 8.78. The summed E-state index contributed by atoms with van der Waals surface area (Å²) in [5, 5.41) is 24.1. The average Bonchev–Trinajstić information content (AvgIpc) is 3.42. The largest absolute Gasteiger partial charge is 0.507 e. The van der Waals surface area contributed by atoms with Gasteiger partial charge in [-0.2, -0.15) is 0 Å². The summed E-state index contributed by atoms with van der Waals surface area (Å²) < 4.78 is 10.8. The third-order valence-electron chi connectivity index (χ3n) is 10.8. The molecular formula is C38H42O8. The number of allylic oxidation sites excluding steroid dienone is 1. The molecule has 0 bridgehead atoms. The van der Waals surface area contributed by atoms with Crippen molar-refractivity contribution in [2.24, 2.45) is 10.8 Å². The fourth-order valence-electron chi connectivity index (χ4n) is 8.78. The summed E-state index contributed by atoms with van der Waals surface area (Å²) in [5.41, 5.74) is 1.09. The Morgan fingerprint density at radius 2 is 1.70 bits per heavy atom. The molecule has 3 aliphatic carbocycles. The molecule has 1 saturated carbocycles. The number of carbonyl (C=O) groups is 4. The highest BCUT2D eigenvalue weighted by molar-refractivity contribution is 6.33. The monoisotopic (exact) mass is 626 g/mol. The number of fused-ring (bicyclic) bond motifs is 4. The van der Waals surface area contributed by atoms with Gasteiger partial charge in [-0.3, -0.25) is 19.2 Å². The van der Waals surface area contributed by atoms with Gasteiger partial charge in [0.2, 0.25) is 18.4 Å². The molecule has 3 atom stereocenters. The Labute approximate surface area is 269 Å². The number of hydrogen-bond donors (Lipinski definition) is 2. The zero-order valence-corrected chi connectivity index (χ0v) is 27.7. The molecular weight excluding hydrogens is 584 g/mol. The maximum atomic E-state index is 14.4. The van der Waals surface area contributed by atoms with Gasteiger partial charge in [0.15, 0.2) is 22.9 Å². The van der Waals surface area contributed by atoms with Gasteiger partial charge in [-0.25, -0.2) is 0 Å². The topological polar surface area (TPSA) is 127 Å². The van der Waals surface area contributed by atoms with Gasteiger partial charge in [0.25, 0.3) is 0 Å². The molecule has 242 valence electrons. The van der Waals surface area contributed by atoms with Crippen LogP contribution >= 0.6 is 0 Å². The van der Waals surface area contributed by atoms with Crippen molar-refractivity contribution in [3.8, 4) is 11.5 Å². The summed E-state index contributed by atoms with van der Waals surface area (Å²) in [4.78, 5) is 53.8. The second-order valence-corrected chi connectivity index (χ2v) is 14.6. The summed E-state index contributed by atoms with van der Waals surface area (Å²) in [7, 11) is 0. The summed E-state index contributed by atoms with van der Waals surface area (Å²) in [6, 6.07) is 7.63.